The van der Waals surface area contributed by atoms with Gasteiger partial charge in [-0.2, -0.15) is 0 Å². The summed E-state index contributed by atoms with van der Waals surface area (Å²) in [4.78, 5) is 66.3. The fourth-order valence-corrected chi connectivity index (χ4v) is 4.74. The molecule has 47 heavy (non-hydrogen) atoms. The first-order chi connectivity index (χ1) is 21.9. The number of aliphatic hydroxyl groups is 2. The van der Waals surface area contributed by atoms with E-state index in [9.17, 15) is 48.3 Å². The van der Waals surface area contributed by atoms with E-state index in [1.54, 1.807) is 13.8 Å². The SMILES string of the molecule is CC(=O)N[C@@H](COCC[C@@H](C)O)COP(=O)(O)OCCNC(=O)CC(=O)NCCOP(=O)(O)OC[C@H](COCC[C@@H](C)O)NC(C)=O. The lowest BCUT2D eigenvalue weighted by Gasteiger charge is -2.20. The lowest BCUT2D eigenvalue weighted by molar-refractivity contribution is -0.129. The van der Waals surface area contributed by atoms with Crippen LogP contribution in [0.15, 0.2) is 0 Å². The first-order valence-corrected chi connectivity index (χ1v) is 17.7. The quantitative estimate of drug-likeness (QED) is 0.0258. The van der Waals surface area contributed by atoms with E-state index in [1.807, 2.05) is 0 Å². The molecule has 0 aromatic carbocycles. The van der Waals surface area contributed by atoms with Crippen LogP contribution in [-0.2, 0) is 55.9 Å². The fourth-order valence-electron chi connectivity index (χ4n) is 3.21. The van der Waals surface area contributed by atoms with Crippen molar-refractivity contribution in [3.05, 3.63) is 0 Å². The van der Waals surface area contributed by atoms with Crippen LogP contribution in [0.25, 0.3) is 0 Å². The largest absolute Gasteiger partial charge is 0.472 e. The van der Waals surface area contributed by atoms with Crippen molar-refractivity contribution < 1.29 is 75.9 Å². The van der Waals surface area contributed by atoms with E-state index in [0.717, 1.165) is 0 Å². The average Bonchev–Trinajstić information content (AvgIpc) is 2.94. The zero-order valence-corrected chi connectivity index (χ0v) is 28.9. The minimum atomic E-state index is -4.57. The van der Waals surface area contributed by atoms with E-state index < -0.39 is 96.4 Å². The summed E-state index contributed by atoms with van der Waals surface area (Å²) in [5.74, 6) is -2.36. The summed E-state index contributed by atoms with van der Waals surface area (Å²) < 4.78 is 54.1. The Labute approximate surface area is 273 Å². The predicted octanol–water partition coefficient (Wildman–Crippen LogP) is -1.54. The molecule has 0 aliphatic rings. The van der Waals surface area contributed by atoms with Crippen LogP contribution in [0.1, 0.15) is 47.0 Å². The monoisotopic (exact) mass is 724 g/mol. The van der Waals surface area contributed by atoms with Crippen molar-refractivity contribution in [2.45, 2.75) is 71.2 Å². The molecule has 0 aliphatic heterocycles. The fraction of sp³-hybridized carbons (Fsp3) is 0.840. The zero-order valence-electron chi connectivity index (χ0n) is 27.1. The lowest BCUT2D eigenvalue weighted by Crippen LogP contribution is -2.40. The third-order valence-electron chi connectivity index (χ3n) is 5.37. The van der Waals surface area contributed by atoms with Crippen LogP contribution in [-0.4, -0.2) is 134 Å². The number of phosphoric acid groups is 2. The molecule has 4 amide bonds. The standard InChI is InChI=1S/C25H50N4O16P2/c1-18(30)5-9-40-14-22(28-20(3)32)16-44-46(36,37)42-11-7-26-24(34)13-25(35)27-8-12-43-47(38,39)45-17-23(29-21(4)33)15-41-10-6-19(2)31/h18-19,22-23,30-31H,5-17H2,1-4H3,(H,26,34)(H,27,35)(H,28,32)(H,29,33)(H,36,37)(H,38,39)/t18-,19-,22+,23+/m1/s1. The van der Waals surface area contributed by atoms with E-state index in [0.29, 0.717) is 12.8 Å². The molecule has 0 saturated heterocycles. The number of aliphatic hydroxyl groups excluding tert-OH is 2. The first-order valence-electron chi connectivity index (χ1n) is 14.7. The van der Waals surface area contributed by atoms with Crippen molar-refractivity contribution >= 4 is 39.3 Å². The molecule has 0 heterocycles. The number of rotatable bonds is 28. The third-order valence-corrected chi connectivity index (χ3v) is 7.34. The van der Waals surface area contributed by atoms with Gasteiger partial charge < -0.3 is 50.7 Å². The summed E-state index contributed by atoms with van der Waals surface area (Å²) in [6.45, 7) is 3.69. The van der Waals surface area contributed by atoms with E-state index in [2.05, 4.69) is 21.3 Å². The van der Waals surface area contributed by atoms with Gasteiger partial charge in [0, 0.05) is 40.2 Å². The van der Waals surface area contributed by atoms with Crippen molar-refractivity contribution in [1.29, 1.82) is 0 Å². The second kappa shape index (κ2) is 25.0. The normalized spacial score (nSPS) is 16.5. The Morgan fingerprint density at radius 3 is 1.30 bits per heavy atom. The van der Waals surface area contributed by atoms with Gasteiger partial charge in [0.05, 0.1) is 63.9 Å². The Balaban J connectivity index is 4.30. The van der Waals surface area contributed by atoms with Crippen molar-refractivity contribution in [3.63, 3.8) is 0 Å². The van der Waals surface area contributed by atoms with Crippen LogP contribution in [0.3, 0.4) is 0 Å². The van der Waals surface area contributed by atoms with Gasteiger partial charge in [-0.3, -0.25) is 37.3 Å². The van der Waals surface area contributed by atoms with Gasteiger partial charge in [-0.05, 0) is 26.7 Å². The summed E-state index contributed by atoms with van der Waals surface area (Å²) in [7, 11) is -9.14. The minimum absolute atomic E-state index is 0.0490. The highest BCUT2D eigenvalue weighted by Gasteiger charge is 2.25. The number of nitrogens with one attached hydrogen (secondary N) is 4. The highest BCUT2D eigenvalue weighted by atomic mass is 31.2. The van der Waals surface area contributed by atoms with Crippen LogP contribution in [0.5, 0.6) is 0 Å². The van der Waals surface area contributed by atoms with Crippen LogP contribution in [0, 0.1) is 0 Å². The Bertz CT molecular complexity index is 957. The number of hydrogen-bond donors (Lipinski definition) is 8. The maximum absolute atomic E-state index is 12.1. The maximum atomic E-state index is 12.1. The number of carbonyl (C=O) groups excluding carboxylic acids is 4. The van der Waals surface area contributed by atoms with Gasteiger partial charge in [0.2, 0.25) is 23.6 Å². The molecule has 6 atom stereocenters. The number of hydrogen-bond acceptors (Lipinski definition) is 14. The molecule has 22 heteroatoms. The summed E-state index contributed by atoms with van der Waals surface area (Å²) in [6, 6.07) is -1.54. The molecule has 0 fully saturated rings. The molecule has 0 radical (unpaired) electrons. The molecular weight excluding hydrogens is 674 g/mol. The van der Waals surface area contributed by atoms with Crippen molar-refractivity contribution in [3.8, 4) is 0 Å². The molecule has 0 aromatic heterocycles. The molecule has 0 saturated carbocycles. The van der Waals surface area contributed by atoms with E-state index in [-0.39, 0.29) is 39.5 Å². The van der Waals surface area contributed by atoms with E-state index in [1.165, 1.54) is 13.8 Å². The lowest BCUT2D eigenvalue weighted by atomic mass is 10.3. The van der Waals surface area contributed by atoms with Gasteiger partial charge in [0.25, 0.3) is 0 Å². The highest BCUT2D eigenvalue weighted by Crippen LogP contribution is 2.43. The van der Waals surface area contributed by atoms with Crippen LogP contribution < -0.4 is 21.3 Å². The summed E-state index contributed by atoms with van der Waals surface area (Å²) >= 11 is 0. The third kappa shape index (κ3) is 28.6. The van der Waals surface area contributed by atoms with Gasteiger partial charge >= 0.3 is 15.6 Å². The Morgan fingerprint density at radius 1 is 0.617 bits per heavy atom. The van der Waals surface area contributed by atoms with Gasteiger partial charge in [-0.1, -0.05) is 0 Å². The molecule has 0 bridgehead atoms. The summed E-state index contributed by atoms with van der Waals surface area (Å²) in [5.41, 5.74) is 0. The Kier molecular flexibility index (Phi) is 23.9. The molecule has 0 spiro atoms. The molecule has 2 unspecified atom stereocenters. The maximum Gasteiger partial charge on any atom is 0.472 e. The van der Waals surface area contributed by atoms with Crippen LogP contribution in [0.2, 0.25) is 0 Å². The zero-order chi connectivity index (χ0) is 35.9. The van der Waals surface area contributed by atoms with E-state index in [4.69, 9.17) is 27.6 Å². The average molecular weight is 725 g/mol. The Morgan fingerprint density at radius 2 is 0.979 bits per heavy atom. The van der Waals surface area contributed by atoms with Crippen LogP contribution >= 0.6 is 15.6 Å². The Hall–Kier alpha value is -2.06. The van der Waals surface area contributed by atoms with Crippen molar-refractivity contribution in [2.75, 3.05) is 65.9 Å². The number of ether oxygens (including phenoxy) is 2. The molecular formula is C25H50N4O16P2. The van der Waals surface area contributed by atoms with Gasteiger partial charge in [0.1, 0.15) is 6.42 Å². The highest BCUT2D eigenvalue weighted by molar-refractivity contribution is 7.47. The summed E-state index contributed by atoms with van der Waals surface area (Å²) in [6.07, 6.45) is -1.09. The molecule has 276 valence electrons. The molecule has 0 rings (SSSR count). The topological polar surface area (TPSA) is 287 Å². The van der Waals surface area contributed by atoms with Crippen molar-refractivity contribution in [1.82, 2.24) is 21.3 Å². The van der Waals surface area contributed by atoms with Gasteiger partial charge in [-0.15, -0.1) is 0 Å². The second-order valence-electron chi connectivity index (χ2n) is 10.3. The molecule has 0 aromatic rings. The second-order valence-corrected chi connectivity index (χ2v) is 13.2. The number of carbonyl (C=O) groups is 4. The molecule has 0 aliphatic carbocycles. The number of phosphoric ester groups is 2. The summed E-state index contributed by atoms with van der Waals surface area (Å²) in [5, 5.41) is 28.1. The van der Waals surface area contributed by atoms with Gasteiger partial charge in [0.15, 0.2) is 0 Å². The molecule has 20 nitrogen and oxygen atoms in total. The smallest absolute Gasteiger partial charge is 0.393 e. The minimum Gasteiger partial charge on any atom is -0.393 e. The van der Waals surface area contributed by atoms with Gasteiger partial charge in [-0.25, -0.2) is 9.13 Å². The van der Waals surface area contributed by atoms with E-state index >= 15 is 0 Å². The first kappa shape index (κ1) is 44.9. The predicted molar refractivity (Wildman–Crippen MR) is 164 cm³/mol. The molecule has 8 N–H and O–H groups in total. The van der Waals surface area contributed by atoms with Crippen LogP contribution in [0.4, 0.5) is 0 Å². The number of amides is 4. The van der Waals surface area contributed by atoms with Crippen molar-refractivity contribution in [2.24, 2.45) is 0 Å².